The summed E-state index contributed by atoms with van der Waals surface area (Å²) >= 11 is 12.4. The van der Waals surface area contributed by atoms with Gasteiger partial charge in [-0.1, -0.05) is 47.8 Å². The summed E-state index contributed by atoms with van der Waals surface area (Å²) in [6, 6.07) is 12.0. The lowest BCUT2D eigenvalue weighted by Crippen LogP contribution is -2.26. The fourth-order valence-electron chi connectivity index (χ4n) is 5.62. The molecule has 0 aliphatic carbocycles. The van der Waals surface area contributed by atoms with E-state index >= 15 is 0 Å². The molecule has 6 rings (SSSR count). The van der Waals surface area contributed by atoms with Crippen molar-refractivity contribution in [3.63, 3.8) is 0 Å². The van der Waals surface area contributed by atoms with Crippen LogP contribution in [-0.2, 0) is 11.8 Å². The molecule has 14 heteroatoms. The fourth-order valence-corrected chi connectivity index (χ4v) is 5.92. The van der Waals surface area contributed by atoms with Gasteiger partial charge in [-0.2, -0.15) is 13.9 Å². The Morgan fingerprint density at radius 2 is 1.89 bits per heavy atom. The highest BCUT2D eigenvalue weighted by Gasteiger charge is 2.27. The molecule has 226 valence electrons. The molecule has 1 amide bonds. The SMILES string of the molecule is C[C@H]1CCC[C@H](c2ccc(-c3cc(Cl)ccc3-n3cc(Cl)nn3)n(C)c2=O)c2cc(ccn2)-c2c(cnn2C(F)F)NC1=O. The maximum Gasteiger partial charge on any atom is 0.333 e. The second-order valence-corrected chi connectivity index (χ2v) is 11.5. The normalized spacial score (nSPS) is 17.1. The summed E-state index contributed by atoms with van der Waals surface area (Å²) in [6.07, 6.45) is 5.93. The Morgan fingerprint density at radius 3 is 2.64 bits per heavy atom. The number of halogens is 4. The highest BCUT2D eigenvalue weighted by atomic mass is 35.5. The first-order valence-corrected chi connectivity index (χ1v) is 14.6. The van der Waals surface area contributed by atoms with Gasteiger partial charge < -0.3 is 9.88 Å². The van der Waals surface area contributed by atoms with Crippen LogP contribution in [0.4, 0.5) is 14.5 Å². The number of benzene rings is 1. The third-order valence-electron chi connectivity index (χ3n) is 7.88. The molecular formula is C30H26Cl2F2N8O2. The molecule has 1 aliphatic rings. The number of rotatable bonds is 4. The molecule has 2 bridgehead atoms. The first kappa shape index (κ1) is 29.6. The molecule has 1 aliphatic heterocycles. The molecule has 5 aromatic rings. The van der Waals surface area contributed by atoms with Crippen LogP contribution in [0.1, 0.15) is 49.9 Å². The topological polar surface area (TPSA) is 113 Å². The molecule has 0 radical (unpaired) electrons. The maximum absolute atomic E-state index is 14.1. The van der Waals surface area contributed by atoms with E-state index in [4.69, 9.17) is 23.2 Å². The van der Waals surface area contributed by atoms with E-state index in [1.165, 1.54) is 21.6 Å². The van der Waals surface area contributed by atoms with Crippen LogP contribution in [0, 0.1) is 5.92 Å². The number of anilines is 1. The lowest BCUT2D eigenvalue weighted by atomic mass is 9.87. The number of alkyl halides is 2. The quantitative estimate of drug-likeness (QED) is 0.241. The summed E-state index contributed by atoms with van der Waals surface area (Å²) in [7, 11) is 1.67. The van der Waals surface area contributed by atoms with Crippen molar-refractivity contribution in [2.45, 2.75) is 38.7 Å². The molecule has 5 heterocycles. The van der Waals surface area contributed by atoms with Crippen LogP contribution in [-0.4, -0.2) is 40.2 Å². The van der Waals surface area contributed by atoms with E-state index in [-0.39, 0.29) is 28.0 Å². The summed E-state index contributed by atoms with van der Waals surface area (Å²) in [5.41, 5.74) is 3.23. The van der Waals surface area contributed by atoms with E-state index in [0.717, 1.165) is 0 Å². The number of amides is 1. The monoisotopic (exact) mass is 638 g/mol. The first-order chi connectivity index (χ1) is 21.1. The Hall–Kier alpha value is -4.42. The number of carbonyl (C=O) groups excluding carboxylic acids is 1. The number of fused-ring (bicyclic) bond motifs is 4. The molecule has 0 saturated carbocycles. The summed E-state index contributed by atoms with van der Waals surface area (Å²) in [6.45, 7) is -1.15. The smallest absolute Gasteiger partial charge is 0.323 e. The van der Waals surface area contributed by atoms with E-state index < -0.39 is 18.4 Å². The number of pyridine rings is 2. The molecule has 10 nitrogen and oxygen atoms in total. The number of hydrogen-bond donors (Lipinski definition) is 1. The van der Waals surface area contributed by atoms with Gasteiger partial charge in [-0.3, -0.25) is 14.6 Å². The second-order valence-electron chi connectivity index (χ2n) is 10.7. The average Bonchev–Trinajstić information content (AvgIpc) is 3.63. The largest absolute Gasteiger partial charge is 0.333 e. The van der Waals surface area contributed by atoms with Crippen molar-refractivity contribution in [1.82, 2.24) is 34.3 Å². The fraction of sp³-hybridized carbons (Fsp3) is 0.267. The van der Waals surface area contributed by atoms with Crippen molar-refractivity contribution in [3.8, 4) is 28.2 Å². The summed E-state index contributed by atoms with van der Waals surface area (Å²) in [5, 5.41) is 15.2. The van der Waals surface area contributed by atoms with Crippen molar-refractivity contribution in [2.24, 2.45) is 13.0 Å². The molecule has 4 aromatic heterocycles. The predicted octanol–water partition coefficient (Wildman–Crippen LogP) is 6.48. The Morgan fingerprint density at radius 1 is 1.07 bits per heavy atom. The van der Waals surface area contributed by atoms with E-state index in [1.807, 2.05) is 6.07 Å². The van der Waals surface area contributed by atoms with Crippen LogP contribution in [0.5, 0.6) is 0 Å². The number of aromatic nitrogens is 7. The minimum absolute atomic E-state index is 0.0634. The van der Waals surface area contributed by atoms with E-state index in [0.29, 0.717) is 62.7 Å². The second kappa shape index (κ2) is 11.9. The summed E-state index contributed by atoms with van der Waals surface area (Å²) in [5.74, 6) is -1.17. The Balaban J connectivity index is 1.48. The maximum atomic E-state index is 14.1. The van der Waals surface area contributed by atoms with Gasteiger partial charge in [-0.25, -0.2) is 9.36 Å². The summed E-state index contributed by atoms with van der Waals surface area (Å²) in [4.78, 5) is 31.6. The van der Waals surface area contributed by atoms with Gasteiger partial charge in [0.25, 0.3) is 5.56 Å². The lowest BCUT2D eigenvalue weighted by molar-refractivity contribution is -0.119. The third kappa shape index (κ3) is 5.50. The molecule has 0 saturated heterocycles. The number of nitrogens with zero attached hydrogens (tertiary/aromatic N) is 7. The van der Waals surface area contributed by atoms with E-state index in [9.17, 15) is 18.4 Å². The van der Waals surface area contributed by atoms with Crippen molar-refractivity contribution >= 4 is 34.8 Å². The van der Waals surface area contributed by atoms with Crippen LogP contribution >= 0.6 is 23.2 Å². The zero-order valence-electron chi connectivity index (χ0n) is 23.6. The van der Waals surface area contributed by atoms with Crippen LogP contribution in [0.2, 0.25) is 10.2 Å². The molecule has 44 heavy (non-hydrogen) atoms. The number of carbonyl (C=O) groups is 1. The van der Waals surface area contributed by atoms with Gasteiger partial charge in [0.15, 0.2) is 5.15 Å². The van der Waals surface area contributed by atoms with Gasteiger partial charge in [-0.15, -0.1) is 5.10 Å². The molecule has 0 unspecified atom stereocenters. The molecule has 1 aromatic carbocycles. The summed E-state index contributed by atoms with van der Waals surface area (Å²) < 4.78 is 31.5. The van der Waals surface area contributed by atoms with E-state index in [2.05, 4.69) is 25.7 Å². The zero-order chi connectivity index (χ0) is 31.1. The van der Waals surface area contributed by atoms with Crippen molar-refractivity contribution in [2.75, 3.05) is 5.32 Å². The minimum atomic E-state index is -2.93. The Kier molecular flexibility index (Phi) is 8.04. The van der Waals surface area contributed by atoms with Gasteiger partial charge in [0, 0.05) is 52.5 Å². The molecule has 2 atom stereocenters. The van der Waals surface area contributed by atoms with Crippen molar-refractivity contribution < 1.29 is 13.6 Å². The van der Waals surface area contributed by atoms with Gasteiger partial charge in [0.05, 0.1) is 35.2 Å². The first-order valence-electron chi connectivity index (χ1n) is 13.8. The van der Waals surface area contributed by atoms with Crippen LogP contribution < -0.4 is 10.9 Å². The molecular weight excluding hydrogens is 613 g/mol. The van der Waals surface area contributed by atoms with Crippen molar-refractivity contribution in [3.05, 3.63) is 92.8 Å². The number of nitrogens with one attached hydrogen (secondary N) is 1. The van der Waals surface area contributed by atoms with Gasteiger partial charge in [-0.05, 0) is 49.2 Å². The minimum Gasteiger partial charge on any atom is -0.323 e. The predicted molar refractivity (Wildman–Crippen MR) is 162 cm³/mol. The van der Waals surface area contributed by atoms with Crippen LogP contribution in [0.15, 0.2) is 65.8 Å². The van der Waals surface area contributed by atoms with Crippen LogP contribution in [0.25, 0.3) is 28.2 Å². The highest BCUT2D eigenvalue weighted by Crippen LogP contribution is 2.37. The molecule has 1 N–H and O–H groups in total. The lowest BCUT2D eigenvalue weighted by Gasteiger charge is -2.22. The third-order valence-corrected chi connectivity index (χ3v) is 8.29. The molecule has 0 fully saturated rings. The van der Waals surface area contributed by atoms with Crippen LogP contribution in [0.3, 0.4) is 0 Å². The Labute approximate surface area is 260 Å². The Bertz CT molecular complexity index is 1940. The molecule has 0 spiro atoms. The average molecular weight is 639 g/mol. The standard InChI is InChI=1S/C30H26Cl2F2N8O2/c1-16-4-3-5-19(22-12-17(10-11-35-22)27-23(37-28(16)43)14-36-42(27)30(33)34)20-7-9-24(40(2)29(20)44)21-13-18(31)6-8-25(21)41-15-26(32)38-39-41/h6-16,19,30H,3-5H2,1-2H3,(H,37,43)/t16-,19+/m0/s1. The van der Waals surface area contributed by atoms with Gasteiger partial charge >= 0.3 is 6.55 Å². The van der Waals surface area contributed by atoms with Gasteiger partial charge in [0.2, 0.25) is 5.91 Å². The van der Waals surface area contributed by atoms with E-state index in [1.54, 1.807) is 56.6 Å². The highest BCUT2D eigenvalue weighted by molar-refractivity contribution is 6.31. The van der Waals surface area contributed by atoms with Crippen molar-refractivity contribution in [1.29, 1.82) is 0 Å². The zero-order valence-corrected chi connectivity index (χ0v) is 25.1. The van der Waals surface area contributed by atoms with Gasteiger partial charge in [0.1, 0.15) is 0 Å². The number of hydrogen-bond acceptors (Lipinski definition) is 6.